The van der Waals surface area contributed by atoms with E-state index in [0.717, 1.165) is 15.7 Å². The van der Waals surface area contributed by atoms with Crippen LogP contribution in [0.15, 0.2) is 41.4 Å². The summed E-state index contributed by atoms with van der Waals surface area (Å²) in [6.45, 7) is 0. The van der Waals surface area contributed by atoms with Gasteiger partial charge in [-0.2, -0.15) is 4.99 Å². The predicted molar refractivity (Wildman–Crippen MR) is 104 cm³/mol. The molecule has 0 amide bonds. The summed E-state index contributed by atoms with van der Waals surface area (Å²) in [5.41, 5.74) is 0.114. The van der Waals surface area contributed by atoms with E-state index in [2.05, 4.69) is 29.3 Å². The second kappa shape index (κ2) is 6.89. The maximum atomic E-state index is 14.0. The molecule has 126 valence electrons. The summed E-state index contributed by atoms with van der Waals surface area (Å²) in [6, 6.07) is 10.8. The molecule has 0 aliphatic heterocycles. The SMILES string of the molecule is Fc1cc(-c2ccc(-c3ccc(CC4CC4)s3)s2)cc(F)c1N=C=S. The highest BCUT2D eigenvalue weighted by Crippen LogP contribution is 2.41. The second-order valence-corrected chi connectivity index (χ2v) is 8.50. The molecule has 2 heterocycles. The molecule has 0 spiro atoms. The van der Waals surface area contributed by atoms with E-state index < -0.39 is 17.3 Å². The van der Waals surface area contributed by atoms with Crippen molar-refractivity contribution in [2.75, 3.05) is 0 Å². The second-order valence-electron chi connectivity index (χ2n) is 6.07. The number of halogens is 2. The summed E-state index contributed by atoms with van der Waals surface area (Å²) in [7, 11) is 0. The van der Waals surface area contributed by atoms with Gasteiger partial charge in [-0.1, -0.05) is 0 Å². The van der Waals surface area contributed by atoms with E-state index in [-0.39, 0.29) is 0 Å². The summed E-state index contributed by atoms with van der Waals surface area (Å²) < 4.78 is 28.1. The number of hydrogen-bond acceptors (Lipinski definition) is 4. The number of rotatable bonds is 5. The third kappa shape index (κ3) is 3.62. The van der Waals surface area contributed by atoms with Crippen molar-refractivity contribution in [3.8, 4) is 20.2 Å². The Kier molecular flexibility index (Phi) is 4.61. The number of benzene rings is 1. The highest BCUT2D eigenvalue weighted by molar-refractivity contribution is 7.78. The largest absolute Gasteiger partial charge is 0.204 e. The van der Waals surface area contributed by atoms with Crippen LogP contribution in [0.3, 0.4) is 0 Å². The van der Waals surface area contributed by atoms with Crippen LogP contribution in [0.5, 0.6) is 0 Å². The maximum absolute atomic E-state index is 14.0. The van der Waals surface area contributed by atoms with Crippen molar-refractivity contribution in [1.82, 2.24) is 0 Å². The Balaban J connectivity index is 1.62. The summed E-state index contributed by atoms with van der Waals surface area (Å²) in [5.74, 6) is -0.597. The Morgan fingerprint density at radius 2 is 1.64 bits per heavy atom. The van der Waals surface area contributed by atoms with Crippen molar-refractivity contribution >= 4 is 45.7 Å². The first-order valence-electron chi connectivity index (χ1n) is 7.90. The molecule has 1 fully saturated rings. The fourth-order valence-corrected chi connectivity index (χ4v) is 5.01. The molecule has 1 nitrogen and oxygen atoms in total. The molecule has 1 saturated carbocycles. The van der Waals surface area contributed by atoms with E-state index in [0.29, 0.717) is 5.56 Å². The van der Waals surface area contributed by atoms with Crippen molar-refractivity contribution < 1.29 is 8.78 Å². The molecular formula is C19H13F2NS3. The number of nitrogens with zero attached hydrogens (tertiary/aromatic N) is 1. The van der Waals surface area contributed by atoms with E-state index in [1.165, 1.54) is 52.5 Å². The van der Waals surface area contributed by atoms with E-state index in [4.69, 9.17) is 0 Å². The molecule has 2 aromatic heterocycles. The molecule has 0 unspecified atom stereocenters. The Morgan fingerprint density at radius 3 is 2.32 bits per heavy atom. The molecule has 1 aliphatic carbocycles. The fraction of sp³-hybridized carbons (Fsp3) is 0.211. The molecule has 0 radical (unpaired) electrons. The Bertz CT molecular complexity index is 955. The molecule has 1 aromatic carbocycles. The molecule has 3 aromatic rings. The van der Waals surface area contributed by atoms with E-state index in [9.17, 15) is 8.78 Å². The number of thiocarbonyl (C=S) groups is 1. The van der Waals surface area contributed by atoms with Crippen molar-refractivity contribution in [2.45, 2.75) is 19.3 Å². The zero-order chi connectivity index (χ0) is 17.4. The third-order valence-corrected chi connectivity index (χ3v) is 6.69. The third-order valence-electron chi connectivity index (χ3n) is 4.16. The van der Waals surface area contributed by atoms with Gasteiger partial charge >= 0.3 is 0 Å². The highest BCUT2D eigenvalue weighted by atomic mass is 32.1. The highest BCUT2D eigenvalue weighted by Gasteiger charge is 2.22. The van der Waals surface area contributed by atoms with Crippen molar-refractivity contribution in [3.05, 3.63) is 52.9 Å². The van der Waals surface area contributed by atoms with E-state index >= 15 is 0 Å². The quantitative estimate of drug-likeness (QED) is 0.335. The average molecular weight is 390 g/mol. The number of hydrogen-bond donors (Lipinski definition) is 0. The molecule has 0 atom stereocenters. The Morgan fingerprint density at radius 1 is 1.00 bits per heavy atom. The maximum Gasteiger partial charge on any atom is 0.153 e. The molecule has 25 heavy (non-hydrogen) atoms. The average Bonchev–Trinajstić information content (AvgIpc) is 3.08. The normalized spacial score (nSPS) is 13.7. The minimum atomic E-state index is -0.731. The van der Waals surface area contributed by atoms with Gasteiger partial charge in [0.2, 0.25) is 0 Å². The van der Waals surface area contributed by atoms with E-state index in [1.54, 1.807) is 11.3 Å². The molecule has 0 saturated heterocycles. The minimum Gasteiger partial charge on any atom is -0.204 e. The predicted octanol–water partition coefficient (Wildman–Crippen LogP) is 7.11. The topological polar surface area (TPSA) is 12.4 Å². The van der Waals surface area contributed by atoms with Crippen LogP contribution in [0.25, 0.3) is 20.2 Å². The lowest BCUT2D eigenvalue weighted by atomic mass is 10.1. The Labute approximate surface area is 157 Å². The molecular weight excluding hydrogens is 376 g/mol. The van der Waals surface area contributed by atoms with Gasteiger partial charge in [0.25, 0.3) is 0 Å². The van der Waals surface area contributed by atoms with Gasteiger partial charge in [0, 0.05) is 19.5 Å². The summed E-state index contributed by atoms with van der Waals surface area (Å²) in [6.07, 6.45) is 3.86. The van der Waals surface area contributed by atoms with Gasteiger partial charge in [-0.25, -0.2) is 8.78 Å². The number of isothiocyanates is 1. The van der Waals surface area contributed by atoms with Gasteiger partial charge in [0.05, 0.1) is 5.16 Å². The molecule has 1 aliphatic rings. The number of thiophene rings is 2. The van der Waals surface area contributed by atoms with Crippen LogP contribution < -0.4 is 0 Å². The molecule has 6 heteroatoms. The molecule has 0 N–H and O–H groups in total. The lowest BCUT2D eigenvalue weighted by Crippen LogP contribution is -1.85. The fourth-order valence-electron chi connectivity index (χ4n) is 2.71. The number of aliphatic imine (C=N–C) groups is 1. The minimum absolute atomic E-state index is 0.390. The van der Waals surface area contributed by atoms with Gasteiger partial charge in [-0.15, -0.1) is 22.7 Å². The molecule has 0 bridgehead atoms. The van der Waals surface area contributed by atoms with Crippen LogP contribution in [0.4, 0.5) is 14.5 Å². The van der Waals surface area contributed by atoms with Crippen molar-refractivity contribution in [1.29, 1.82) is 0 Å². The van der Waals surface area contributed by atoms with Crippen LogP contribution in [0.2, 0.25) is 0 Å². The monoisotopic (exact) mass is 389 g/mol. The van der Waals surface area contributed by atoms with Crippen molar-refractivity contribution in [2.24, 2.45) is 10.9 Å². The van der Waals surface area contributed by atoms with Gasteiger partial charge < -0.3 is 0 Å². The van der Waals surface area contributed by atoms with Crippen LogP contribution in [-0.2, 0) is 6.42 Å². The lowest BCUT2D eigenvalue weighted by Gasteiger charge is -2.02. The first-order valence-corrected chi connectivity index (χ1v) is 9.94. The summed E-state index contributed by atoms with van der Waals surface area (Å²) >= 11 is 7.76. The van der Waals surface area contributed by atoms with Gasteiger partial charge in [-0.05, 0) is 79.4 Å². The van der Waals surface area contributed by atoms with Crippen LogP contribution in [0.1, 0.15) is 17.7 Å². The first kappa shape index (κ1) is 16.7. The summed E-state index contributed by atoms with van der Waals surface area (Å²) in [4.78, 5) is 7.99. The summed E-state index contributed by atoms with van der Waals surface area (Å²) in [5, 5.41) is 2.00. The van der Waals surface area contributed by atoms with Gasteiger partial charge in [0.15, 0.2) is 11.6 Å². The standard InChI is InChI=1S/C19H13F2NS3/c20-14-8-12(9-15(21)19(14)22-10-23)16-5-6-18(25-16)17-4-3-13(24-17)7-11-1-2-11/h3-6,8-9,11H,1-2,7H2. The first-order chi connectivity index (χ1) is 12.1. The van der Waals surface area contributed by atoms with Gasteiger partial charge in [0.1, 0.15) is 5.69 Å². The zero-order valence-corrected chi connectivity index (χ0v) is 15.5. The molecule has 4 rings (SSSR count). The van der Waals surface area contributed by atoms with Crippen LogP contribution >= 0.6 is 34.9 Å². The Hall–Kier alpha value is -1.72. The van der Waals surface area contributed by atoms with Crippen molar-refractivity contribution in [3.63, 3.8) is 0 Å². The van der Waals surface area contributed by atoms with E-state index in [1.807, 2.05) is 17.3 Å². The lowest BCUT2D eigenvalue weighted by molar-refractivity contribution is 0.588. The van der Waals surface area contributed by atoms with Crippen LogP contribution in [-0.4, -0.2) is 5.16 Å². The van der Waals surface area contributed by atoms with Crippen LogP contribution in [0, 0.1) is 17.6 Å². The zero-order valence-electron chi connectivity index (χ0n) is 13.1. The van der Waals surface area contributed by atoms with Gasteiger partial charge in [-0.3, -0.25) is 0 Å². The smallest absolute Gasteiger partial charge is 0.153 e.